The SMILES string of the molecule is CC.CC.CC.CC.CC.CC.CC.CCCCC(OC1CSCCSCCCSCCSC1)C(=O)NCC. The molecule has 1 saturated heterocycles. The highest BCUT2D eigenvalue weighted by atomic mass is 32.2. The number of nitrogens with one attached hydrogen (secondary N) is 1. The molecule has 1 atom stereocenters. The van der Waals surface area contributed by atoms with Gasteiger partial charge in [0.05, 0.1) is 6.10 Å². The Labute approximate surface area is 267 Å². The maximum Gasteiger partial charge on any atom is 0.249 e. The number of thioether (sulfide) groups is 4. The van der Waals surface area contributed by atoms with E-state index in [0.717, 1.165) is 30.8 Å². The van der Waals surface area contributed by atoms with Crippen molar-refractivity contribution in [1.82, 2.24) is 5.32 Å². The molecule has 1 unspecified atom stereocenters. The highest BCUT2D eigenvalue weighted by Crippen LogP contribution is 2.20. The number of hydrogen-bond acceptors (Lipinski definition) is 6. The van der Waals surface area contributed by atoms with Gasteiger partial charge in [0.2, 0.25) is 5.91 Å². The largest absolute Gasteiger partial charge is 0.363 e. The van der Waals surface area contributed by atoms with Crippen molar-refractivity contribution in [3.05, 3.63) is 0 Å². The fourth-order valence-electron chi connectivity index (χ4n) is 2.43. The lowest BCUT2D eigenvalue weighted by molar-refractivity contribution is -0.135. The average Bonchev–Trinajstić information content (AvgIpc) is 3.04. The van der Waals surface area contributed by atoms with Gasteiger partial charge in [-0.05, 0) is 31.3 Å². The van der Waals surface area contributed by atoms with Crippen molar-refractivity contribution in [1.29, 1.82) is 0 Å². The van der Waals surface area contributed by atoms with E-state index < -0.39 is 0 Å². The normalized spacial score (nSPS) is 14.3. The Kier molecular flexibility index (Phi) is 95.5. The fraction of sp³-hybridized carbons (Fsp3) is 0.969. The molecule has 1 heterocycles. The molecule has 1 amide bonds. The van der Waals surface area contributed by atoms with E-state index in [4.69, 9.17) is 4.74 Å². The lowest BCUT2D eigenvalue weighted by Gasteiger charge is -2.24. The Morgan fingerprint density at radius 2 is 1.05 bits per heavy atom. The number of rotatable bonds is 7. The highest BCUT2D eigenvalue weighted by molar-refractivity contribution is 8.04. The maximum absolute atomic E-state index is 12.3. The van der Waals surface area contributed by atoms with Gasteiger partial charge in [-0.1, -0.05) is 117 Å². The van der Waals surface area contributed by atoms with Gasteiger partial charge in [0, 0.05) is 41.1 Å². The first-order valence-corrected chi connectivity index (χ1v) is 21.1. The third-order valence-electron chi connectivity index (χ3n) is 3.75. The minimum atomic E-state index is -0.284. The van der Waals surface area contributed by atoms with Crippen LogP contribution in [0.2, 0.25) is 0 Å². The minimum absolute atomic E-state index is 0.0662. The van der Waals surface area contributed by atoms with Gasteiger partial charge in [-0.25, -0.2) is 0 Å². The molecular formula is C32H77NO2S4. The van der Waals surface area contributed by atoms with E-state index >= 15 is 0 Å². The lowest BCUT2D eigenvalue weighted by Crippen LogP contribution is -2.40. The highest BCUT2D eigenvalue weighted by Gasteiger charge is 2.23. The summed E-state index contributed by atoms with van der Waals surface area (Å²) in [5.41, 5.74) is 0. The number of carbonyl (C=O) groups is 1. The van der Waals surface area contributed by atoms with Crippen molar-refractivity contribution < 1.29 is 9.53 Å². The second-order valence-electron chi connectivity index (χ2n) is 6.01. The van der Waals surface area contributed by atoms with Crippen molar-refractivity contribution in [2.24, 2.45) is 0 Å². The summed E-state index contributed by atoms with van der Waals surface area (Å²) >= 11 is 8.11. The Morgan fingerprint density at radius 1 is 0.667 bits per heavy atom. The molecule has 1 aliphatic heterocycles. The van der Waals surface area contributed by atoms with E-state index in [-0.39, 0.29) is 18.1 Å². The van der Waals surface area contributed by atoms with E-state index in [9.17, 15) is 4.79 Å². The molecule has 0 aromatic carbocycles. The van der Waals surface area contributed by atoms with Crippen LogP contribution in [0.5, 0.6) is 0 Å². The minimum Gasteiger partial charge on any atom is -0.363 e. The van der Waals surface area contributed by atoms with Crippen molar-refractivity contribution in [2.75, 3.05) is 52.6 Å². The predicted octanol–water partition coefficient (Wildman–Crippen LogP) is 11.6. The third kappa shape index (κ3) is 52.0. The summed E-state index contributed by atoms with van der Waals surface area (Å²) in [6.07, 6.45) is 4.21. The van der Waals surface area contributed by atoms with Gasteiger partial charge in [0.15, 0.2) is 0 Å². The molecule has 246 valence electrons. The third-order valence-corrected chi connectivity index (χ3v) is 8.61. The Balaban J connectivity index is -0.000000126. The predicted molar refractivity (Wildman–Crippen MR) is 200 cm³/mol. The topological polar surface area (TPSA) is 38.3 Å². The zero-order chi connectivity index (χ0) is 32.2. The zero-order valence-corrected chi connectivity index (χ0v) is 33.1. The van der Waals surface area contributed by atoms with Crippen LogP contribution in [-0.2, 0) is 9.53 Å². The summed E-state index contributed by atoms with van der Waals surface area (Å²) in [4.78, 5) is 12.3. The molecule has 0 aromatic rings. The van der Waals surface area contributed by atoms with Crippen molar-refractivity contribution >= 4 is 53.0 Å². The molecule has 39 heavy (non-hydrogen) atoms. The molecule has 0 bridgehead atoms. The van der Waals surface area contributed by atoms with Gasteiger partial charge in [0.25, 0.3) is 0 Å². The molecular weight excluding hydrogens is 559 g/mol. The summed E-state index contributed by atoms with van der Waals surface area (Å²) in [6.45, 7) is 32.8. The molecule has 1 rings (SSSR count). The van der Waals surface area contributed by atoms with Crippen molar-refractivity contribution in [2.45, 2.75) is 149 Å². The lowest BCUT2D eigenvalue weighted by atomic mass is 10.1. The molecule has 1 fully saturated rings. The van der Waals surface area contributed by atoms with Crippen LogP contribution in [0.1, 0.15) is 136 Å². The number of hydrogen-bond donors (Lipinski definition) is 1. The standard InChI is InChI=1S/C18H35NO2S4.7C2H6/c1-3-5-7-17(18(20)19-4-2)21-16-14-24-12-10-22-8-6-9-23-11-13-25-15-16;7*1-2/h16-17H,3-15H2,1-2H3,(H,19,20);7*1-2H3. The van der Waals surface area contributed by atoms with Gasteiger partial charge in [-0.2, -0.15) is 47.0 Å². The van der Waals surface area contributed by atoms with Crippen LogP contribution >= 0.6 is 47.0 Å². The zero-order valence-electron chi connectivity index (χ0n) is 29.8. The second kappa shape index (κ2) is 66.9. The molecule has 0 saturated carbocycles. The number of carbonyl (C=O) groups excluding carboxylic acids is 1. The van der Waals surface area contributed by atoms with Crippen LogP contribution in [0.4, 0.5) is 0 Å². The first kappa shape index (κ1) is 55.7. The molecule has 0 aliphatic carbocycles. The number of amides is 1. The van der Waals surface area contributed by atoms with Gasteiger partial charge in [-0.3, -0.25) is 4.79 Å². The van der Waals surface area contributed by atoms with Crippen LogP contribution < -0.4 is 5.32 Å². The average molecular weight is 636 g/mol. The smallest absolute Gasteiger partial charge is 0.249 e. The summed E-state index contributed by atoms with van der Waals surface area (Å²) in [7, 11) is 0. The van der Waals surface area contributed by atoms with E-state index in [2.05, 4.69) is 35.8 Å². The van der Waals surface area contributed by atoms with E-state index in [1.165, 1.54) is 40.9 Å². The van der Waals surface area contributed by atoms with Crippen molar-refractivity contribution in [3.8, 4) is 0 Å². The monoisotopic (exact) mass is 635 g/mol. The van der Waals surface area contributed by atoms with Crippen LogP contribution in [0.25, 0.3) is 0 Å². The molecule has 1 N–H and O–H groups in total. The molecule has 3 nitrogen and oxygen atoms in total. The van der Waals surface area contributed by atoms with Gasteiger partial charge < -0.3 is 10.1 Å². The Morgan fingerprint density at radius 3 is 1.41 bits per heavy atom. The van der Waals surface area contributed by atoms with Crippen molar-refractivity contribution in [3.63, 3.8) is 0 Å². The molecule has 0 radical (unpaired) electrons. The van der Waals surface area contributed by atoms with E-state index in [1.54, 1.807) is 0 Å². The summed E-state index contributed by atoms with van der Waals surface area (Å²) in [6, 6.07) is 0. The summed E-state index contributed by atoms with van der Waals surface area (Å²) in [5.74, 6) is 9.47. The molecule has 0 aromatic heterocycles. The summed E-state index contributed by atoms with van der Waals surface area (Å²) in [5, 5.41) is 2.94. The number of ether oxygens (including phenoxy) is 1. The van der Waals surface area contributed by atoms with Gasteiger partial charge >= 0.3 is 0 Å². The number of likely N-dealkylation sites (N-methyl/N-ethyl adjacent to an activating group) is 1. The molecule has 7 heteroatoms. The van der Waals surface area contributed by atoms with Gasteiger partial charge in [0.1, 0.15) is 6.10 Å². The van der Waals surface area contributed by atoms with Gasteiger partial charge in [-0.15, -0.1) is 0 Å². The van der Waals surface area contributed by atoms with E-state index in [1.807, 2.05) is 127 Å². The Hall–Kier alpha value is 0.830. The van der Waals surface area contributed by atoms with Crippen LogP contribution in [0.3, 0.4) is 0 Å². The van der Waals surface area contributed by atoms with E-state index in [0.29, 0.717) is 6.54 Å². The molecule has 1 aliphatic rings. The summed E-state index contributed by atoms with van der Waals surface area (Å²) < 4.78 is 6.30. The number of unbranched alkanes of at least 4 members (excludes halogenated alkanes) is 1. The van der Waals surface area contributed by atoms with Crippen LogP contribution in [-0.4, -0.2) is 70.7 Å². The first-order chi connectivity index (χ1) is 19.3. The van der Waals surface area contributed by atoms with Crippen LogP contribution in [0, 0.1) is 0 Å². The maximum atomic E-state index is 12.3. The molecule has 0 spiro atoms. The fourth-order valence-corrected chi connectivity index (χ4v) is 7.00. The quantitative estimate of drug-likeness (QED) is 0.300. The van der Waals surface area contributed by atoms with Crippen LogP contribution in [0.15, 0.2) is 0 Å². The first-order valence-electron chi connectivity index (χ1n) is 16.5. The second-order valence-corrected chi connectivity index (χ2v) is 10.8. The Bertz CT molecular complexity index is 325.